The summed E-state index contributed by atoms with van der Waals surface area (Å²) in [4.78, 5) is 16.8. The predicted molar refractivity (Wildman–Crippen MR) is 117 cm³/mol. The smallest absolute Gasteiger partial charge is 0.226 e. The van der Waals surface area contributed by atoms with Crippen molar-refractivity contribution in [2.24, 2.45) is 11.1 Å². The Morgan fingerprint density at radius 1 is 0.966 bits per heavy atom. The van der Waals surface area contributed by atoms with E-state index in [2.05, 4.69) is 25.1 Å². The topological polar surface area (TPSA) is 65.2 Å². The van der Waals surface area contributed by atoms with Crippen LogP contribution in [0.15, 0.2) is 72.8 Å². The molecule has 3 rings (SSSR count). The standard InChI is InChI=1S/C25H28N2O2/c1-4-11-22(25(2,3)24(26)28)29-23-17-20(18-12-7-5-8-13-18)16-21(27-23)19-14-9-6-10-15-19/h5-10,12-17,22H,4,11H2,1-3H3,(H2,26,28). The molecule has 4 nitrogen and oxygen atoms in total. The summed E-state index contributed by atoms with van der Waals surface area (Å²) >= 11 is 0. The van der Waals surface area contributed by atoms with Crippen molar-refractivity contribution in [2.45, 2.75) is 39.7 Å². The highest BCUT2D eigenvalue weighted by Gasteiger charge is 2.36. The number of carbonyl (C=O) groups is 1. The molecule has 1 heterocycles. The average Bonchev–Trinajstić information content (AvgIpc) is 2.74. The minimum Gasteiger partial charge on any atom is -0.473 e. The summed E-state index contributed by atoms with van der Waals surface area (Å²) in [6.45, 7) is 5.72. The fraction of sp³-hybridized carbons (Fsp3) is 0.280. The van der Waals surface area contributed by atoms with E-state index in [4.69, 9.17) is 15.5 Å². The first kappa shape index (κ1) is 20.6. The van der Waals surface area contributed by atoms with Crippen molar-refractivity contribution < 1.29 is 9.53 Å². The van der Waals surface area contributed by atoms with Gasteiger partial charge in [0.15, 0.2) is 0 Å². The van der Waals surface area contributed by atoms with Crippen LogP contribution in [0.1, 0.15) is 33.6 Å². The van der Waals surface area contributed by atoms with Gasteiger partial charge in [-0.15, -0.1) is 0 Å². The molecule has 1 atom stereocenters. The van der Waals surface area contributed by atoms with E-state index >= 15 is 0 Å². The lowest BCUT2D eigenvalue weighted by atomic mass is 9.83. The van der Waals surface area contributed by atoms with Crippen molar-refractivity contribution in [3.05, 3.63) is 72.8 Å². The summed E-state index contributed by atoms with van der Waals surface area (Å²) in [5.74, 6) is 0.122. The first-order valence-electron chi connectivity index (χ1n) is 10.0. The molecule has 0 bridgehead atoms. The van der Waals surface area contributed by atoms with Crippen molar-refractivity contribution in [2.75, 3.05) is 0 Å². The number of pyridine rings is 1. The molecule has 1 unspecified atom stereocenters. The molecule has 0 spiro atoms. The highest BCUT2D eigenvalue weighted by molar-refractivity contribution is 5.80. The maximum Gasteiger partial charge on any atom is 0.226 e. The molecule has 0 saturated heterocycles. The van der Waals surface area contributed by atoms with Gasteiger partial charge in [-0.1, -0.05) is 74.0 Å². The van der Waals surface area contributed by atoms with E-state index in [0.717, 1.165) is 28.8 Å². The molecule has 150 valence electrons. The Labute approximate surface area is 172 Å². The Kier molecular flexibility index (Phi) is 6.32. The maximum absolute atomic E-state index is 12.0. The van der Waals surface area contributed by atoms with Crippen LogP contribution in [0.25, 0.3) is 22.4 Å². The Morgan fingerprint density at radius 3 is 2.10 bits per heavy atom. The van der Waals surface area contributed by atoms with Gasteiger partial charge < -0.3 is 10.5 Å². The van der Waals surface area contributed by atoms with Crippen LogP contribution in [0.2, 0.25) is 0 Å². The number of primary amides is 1. The van der Waals surface area contributed by atoms with Gasteiger partial charge in [0.05, 0.1) is 11.1 Å². The summed E-state index contributed by atoms with van der Waals surface area (Å²) in [5, 5.41) is 0. The fourth-order valence-electron chi connectivity index (χ4n) is 3.25. The molecule has 29 heavy (non-hydrogen) atoms. The van der Waals surface area contributed by atoms with Crippen molar-refractivity contribution in [1.29, 1.82) is 0 Å². The summed E-state index contributed by atoms with van der Waals surface area (Å²) in [5.41, 5.74) is 8.79. The summed E-state index contributed by atoms with van der Waals surface area (Å²) in [7, 11) is 0. The van der Waals surface area contributed by atoms with Crippen LogP contribution >= 0.6 is 0 Å². The van der Waals surface area contributed by atoms with Crippen molar-refractivity contribution in [1.82, 2.24) is 4.98 Å². The van der Waals surface area contributed by atoms with Crippen LogP contribution in [0.3, 0.4) is 0 Å². The van der Waals surface area contributed by atoms with Crippen LogP contribution in [0.5, 0.6) is 5.88 Å². The number of nitrogens with two attached hydrogens (primary N) is 1. The van der Waals surface area contributed by atoms with E-state index in [1.807, 2.05) is 68.4 Å². The second-order valence-corrected chi connectivity index (χ2v) is 7.79. The lowest BCUT2D eigenvalue weighted by molar-refractivity contribution is -0.131. The van der Waals surface area contributed by atoms with Gasteiger partial charge in [0, 0.05) is 11.6 Å². The number of amides is 1. The van der Waals surface area contributed by atoms with Crippen molar-refractivity contribution in [3.63, 3.8) is 0 Å². The predicted octanol–water partition coefficient (Wildman–Crippen LogP) is 5.47. The number of rotatable bonds is 8. The van der Waals surface area contributed by atoms with E-state index in [1.165, 1.54) is 0 Å². The number of carbonyl (C=O) groups excluding carboxylic acids is 1. The molecule has 3 aromatic rings. The number of hydrogen-bond donors (Lipinski definition) is 1. The summed E-state index contributed by atoms with van der Waals surface area (Å²) in [6.07, 6.45) is 1.24. The molecule has 0 saturated carbocycles. The van der Waals surface area contributed by atoms with Crippen LogP contribution < -0.4 is 10.5 Å². The number of ether oxygens (including phenoxy) is 1. The van der Waals surface area contributed by atoms with Gasteiger partial charge in [0.1, 0.15) is 6.10 Å². The normalized spacial score (nSPS) is 12.4. The largest absolute Gasteiger partial charge is 0.473 e. The molecular formula is C25H28N2O2. The minimum atomic E-state index is -0.798. The van der Waals surface area contributed by atoms with E-state index in [1.54, 1.807) is 0 Å². The number of nitrogens with zero attached hydrogens (tertiary/aromatic N) is 1. The molecule has 2 N–H and O–H groups in total. The third kappa shape index (κ3) is 4.83. The molecule has 1 aromatic heterocycles. The zero-order valence-electron chi connectivity index (χ0n) is 17.3. The van der Waals surface area contributed by atoms with Crippen LogP contribution in [-0.4, -0.2) is 17.0 Å². The van der Waals surface area contributed by atoms with Gasteiger partial charge in [0.2, 0.25) is 11.8 Å². The van der Waals surface area contributed by atoms with Crippen LogP contribution in [0, 0.1) is 5.41 Å². The first-order valence-corrected chi connectivity index (χ1v) is 10.0. The van der Waals surface area contributed by atoms with Gasteiger partial charge in [-0.25, -0.2) is 4.98 Å². The molecule has 0 aliphatic rings. The molecule has 4 heteroatoms. The lowest BCUT2D eigenvalue weighted by Crippen LogP contribution is -2.44. The molecule has 0 aliphatic heterocycles. The zero-order chi connectivity index (χ0) is 20.9. The number of benzene rings is 2. The fourth-order valence-corrected chi connectivity index (χ4v) is 3.25. The van der Waals surface area contributed by atoms with E-state index in [0.29, 0.717) is 12.3 Å². The monoisotopic (exact) mass is 388 g/mol. The highest BCUT2D eigenvalue weighted by atomic mass is 16.5. The molecule has 0 aliphatic carbocycles. The molecule has 0 radical (unpaired) electrons. The molecule has 2 aromatic carbocycles. The third-order valence-corrected chi connectivity index (χ3v) is 5.23. The zero-order valence-corrected chi connectivity index (χ0v) is 17.3. The SMILES string of the molecule is CCCC(Oc1cc(-c2ccccc2)cc(-c2ccccc2)n1)C(C)(C)C(N)=O. The van der Waals surface area contributed by atoms with Gasteiger partial charge in [0.25, 0.3) is 0 Å². The van der Waals surface area contributed by atoms with Gasteiger partial charge >= 0.3 is 0 Å². The molecular weight excluding hydrogens is 360 g/mol. The van der Waals surface area contributed by atoms with Gasteiger partial charge in [-0.05, 0) is 37.5 Å². The maximum atomic E-state index is 12.0. The quantitative estimate of drug-likeness (QED) is 0.556. The van der Waals surface area contributed by atoms with E-state index in [-0.39, 0.29) is 12.0 Å². The Balaban J connectivity index is 2.06. The van der Waals surface area contributed by atoms with E-state index in [9.17, 15) is 4.79 Å². The third-order valence-electron chi connectivity index (χ3n) is 5.23. The minimum absolute atomic E-state index is 0.354. The van der Waals surface area contributed by atoms with Crippen LogP contribution in [0.4, 0.5) is 0 Å². The first-order chi connectivity index (χ1) is 13.9. The van der Waals surface area contributed by atoms with Gasteiger partial charge in [-0.3, -0.25) is 4.79 Å². The summed E-state index contributed by atoms with van der Waals surface area (Å²) in [6, 6.07) is 24.1. The number of hydrogen-bond acceptors (Lipinski definition) is 3. The van der Waals surface area contributed by atoms with E-state index < -0.39 is 5.41 Å². The Hall–Kier alpha value is -3.14. The second kappa shape index (κ2) is 8.91. The Bertz CT molecular complexity index is 895. The highest BCUT2D eigenvalue weighted by Crippen LogP contribution is 2.32. The lowest BCUT2D eigenvalue weighted by Gasteiger charge is -2.31. The number of aromatic nitrogens is 1. The van der Waals surface area contributed by atoms with Crippen molar-refractivity contribution >= 4 is 5.91 Å². The Morgan fingerprint density at radius 2 is 1.55 bits per heavy atom. The summed E-state index contributed by atoms with van der Waals surface area (Å²) < 4.78 is 6.29. The average molecular weight is 389 g/mol. The van der Waals surface area contributed by atoms with Crippen LogP contribution in [-0.2, 0) is 4.79 Å². The van der Waals surface area contributed by atoms with Gasteiger partial charge in [-0.2, -0.15) is 0 Å². The van der Waals surface area contributed by atoms with Crippen molar-refractivity contribution in [3.8, 4) is 28.3 Å². The molecule has 1 amide bonds. The molecule has 0 fully saturated rings. The second-order valence-electron chi connectivity index (χ2n) is 7.79.